The molecule has 0 saturated heterocycles. The maximum Gasteiger partial charge on any atom is 0.0909 e. The second-order valence-corrected chi connectivity index (χ2v) is 7.78. The molecule has 2 aromatic rings. The molecule has 0 N–H and O–H groups in total. The number of rotatable bonds is 6. The molecule has 0 aliphatic heterocycles. The molecule has 138 valence electrons. The maximum absolute atomic E-state index is 4.69. The average Bonchev–Trinajstić information content (AvgIpc) is 2.63. The summed E-state index contributed by atoms with van der Waals surface area (Å²) in [4.78, 5) is 6.84. The smallest absolute Gasteiger partial charge is 0.0909 e. The summed E-state index contributed by atoms with van der Waals surface area (Å²) in [6.07, 6.45) is 9.30. The third-order valence-electron chi connectivity index (χ3n) is 5.43. The van der Waals surface area contributed by atoms with Crippen molar-refractivity contribution in [2.45, 2.75) is 59.3 Å². The monoisotopic (exact) mass is 348 g/mol. The predicted octanol–water partition coefficient (Wildman–Crippen LogP) is 5.77. The van der Waals surface area contributed by atoms with Crippen LogP contribution in [0.5, 0.6) is 0 Å². The average molecular weight is 349 g/mol. The molecular weight excluding hydrogens is 316 g/mol. The summed E-state index contributed by atoms with van der Waals surface area (Å²) in [5.74, 6) is 0. The van der Waals surface area contributed by atoms with Crippen LogP contribution in [-0.4, -0.2) is 24.8 Å². The molecule has 1 aliphatic rings. The van der Waals surface area contributed by atoms with E-state index in [4.69, 9.17) is 4.99 Å². The normalized spacial score (nSPS) is 13.8. The van der Waals surface area contributed by atoms with Gasteiger partial charge in [0.05, 0.1) is 12.0 Å². The molecule has 3 rings (SSSR count). The fourth-order valence-electron chi connectivity index (χ4n) is 3.88. The minimum atomic E-state index is 1.01. The number of benzene rings is 2. The zero-order valence-electron chi connectivity index (χ0n) is 16.8. The van der Waals surface area contributed by atoms with Crippen molar-refractivity contribution >= 4 is 12.0 Å². The fraction of sp³-hybridized carbons (Fsp3) is 0.458. The molecule has 0 radical (unpaired) electrons. The van der Waals surface area contributed by atoms with E-state index in [9.17, 15) is 0 Å². The first kappa shape index (κ1) is 18.7. The first-order valence-electron chi connectivity index (χ1n) is 10.0. The van der Waals surface area contributed by atoms with E-state index < -0.39 is 0 Å². The van der Waals surface area contributed by atoms with Crippen molar-refractivity contribution < 1.29 is 0 Å². The summed E-state index contributed by atoms with van der Waals surface area (Å²) in [5.41, 5.74) is 9.66. The summed E-state index contributed by atoms with van der Waals surface area (Å²) in [6, 6.07) is 11.7. The Hall–Kier alpha value is -2.09. The second-order valence-electron chi connectivity index (χ2n) is 7.78. The Morgan fingerprint density at radius 3 is 2.54 bits per heavy atom. The lowest BCUT2D eigenvalue weighted by Gasteiger charge is -2.17. The van der Waals surface area contributed by atoms with Crippen LogP contribution >= 0.6 is 0 Å². The Morgan fingerprint density at radius 1 is 1.00 bits per heavy atom. The van der Waals surface area contributed by atoms with Gasteiger partial charge in [-0.25, -0.2) is 4.99 Å². The van der Waals surface area contributed by atoms with Crippen molar-refractivity contribution in [1.29, 1.82) is 0 Å². The Bertz CT molecular complexity index is 789. The molecule has 0 aromatic heterocycles. The SMILES string of the molecule is CCCN(C)C=Nc1cc(C)c(Cc2ccc3c(c2)CCCC3)cc1C. The van der Waals surface area contributed by atoms with Crippen LogP contribution in [0.4, 0.5) is 5.69 Å². The number of aryl methyl sites for hydroxylation is 4. The van der Waals surface area contributed by atoms with Crippen LogP contribution in [0.3, 0.4) is 0 Å². The van der Waals surface area contributed by atoms with Gasteiger partial charge < -0.3 is 4.90 Å². The second kappa shape index (κ2) is 8.53. The first-order chi connectivity index (χ1) is 12.6. The molecule has 0 atom stereocenters. The summed E-state index contributed by atoms with van der Waals surface area (Å²) >= 11 is 0. The summed E-state index contributed by atoms with van der Waals surface area (Å²) in [7, 11) is 2.08. The molecular formula is C24H32N2. The van der Waals surface area contributed by atoms with E-state index >= 15 is 0 Å². The van der Waals surface area contributed by atoms with Gasteiger partial charge in [-0.05, 0) is 91.8 Å². The lowest BCUT2D eigenvalue weighted by atomic mass is 9.88. The van der Waals surface area contributed by atoms with Crippen LogP contribution < -0.4 is 0 Å². The molecule has 0 heterocycles. The van der Waals surface area contributed by atoms with Crippen LogP contribution in [0.15, 0.2) is 35.3 Å². The van der Waals surface area contributed by atoms with Gasteiger partial charge >= 0.3 is 0 Å². The highest BCUT2D eigenvalue weighted by molar-refractivity contribution is 5.64. The van der Waals surface area contributed by atoms with E-state index in [0.29, 0.717) is 0 Å². The van der Waals surface area contributed by atoms with Crippen LogP contribution in [0.1, 0.15) is 59.6 Å². The third kappa shape index (κ3) is 4.55. The van der Waals surface area contributed by atoms with Crippen molar-refractivity contribution in [3.05, 3.63) is 63.7 Å². The topological polar surface area (TPSA) is 15.6 Å². The van der Waals surface area contributed by atoms with Gasteiger partial charge in [0, 0.05) is 13.6 Å². The van der Waals surface area contributed by atoms with Gasteiger partial charge in [-0.3, -0.25) is 0 Å². The predicted molar refractivity (Wildman–Crippen MR) is 113 cm³/mol. The van der Waals surface area contributed by atoms with Crippen LogP contribution in [0.25, 0.3) is 0 Å². The Morgan fingerprint density at radius 2 is 1.77 bits per heavy atom. The van der Waals surface area contributed by atoms with E-state index in [2.05, 4.69) is 63.1 Å². The van der Waals surface area contributed by atoms with Gasteiger partial charge in [-0.15, -0.1) is 0 Å². The molecule has 2 nitrogen and oxygen atoms in total. The van der Waals surface area contributed by atoms with Gasteiger partial charge in [0.15, 0.2) is 0 Å². The molecule has 0 bridgehead atoms. The third-order valence-corrected chi connectivity index (χ3v) is 5.43. The minimum absolute atomic E-state index is 1.01. The molecule has 2 heteroatoms. The van der Waals surface area contributed by atoms with E-state index in [1.807, 2.05) is 6.34 Å². The van der Waals surface area contributed by atoms with Crippen molar-refractivity contribution in [2.24, 2.45) is 4.99 Å². The van der Waals surface area contributed by atoms with E-state index in [-0.39, 0.29) is 0 Å². The maximum atomic E-state index is 4.69. The lowest BCUT2D eigenvalue weighted by molar-refractivity contribution is 0.515. The van der Waals surface area contributed by atoms with Crippen molar-refractivity contribution in [3.63, 3.8) is 0 Å². The standard InChI is InChI=1S/C24H32N2/c1-5-12-26(4)17-25-24-14-18(2)23(13-19(24)3)16-20-10-11-21-8-6-7-9-22(21)15-20/h10-11,13-15,17H,5-9,12,16H2,1-4H3. The number of aliphatic imine (C=N–C) groups is 1. The van der Waals surface area contributed by atoms with Crippen LogP contribution in [0.2, 0.25) is 0 Å². The van der Waals surface area contributed by atoms with Gasteiger partial charge in [0.25, 0.3) is 0 Å². The van der Waals surface area contributed by atoms with Gasteiger partial charge in [0.1, 0.15) is 0 Å². The summed E-state index contributed by atoms with van der Waals surface area (Å²) < 4.78 is 0. The van der Waals surface area contributed by atoms with Gasteiger partial charge in [0.2, 0.25) is 0 Å². The largest absolute Gasteiger partial charge is 0.366 e. The minimum Gasteiger partial charge on any atom is -0.366 e. The molecule has 0 fully saturated rings. The highest BCUT2D eigenvalue weighted by atomic mass is 15.1. The molecule has 0 amide bonds. The quantitative estimate of drug-likeness (QED) is 0.477. The molecule has 0 spiro atoms. The number of nitrogens with zero attached hydrogens (tertiary/aromatic N) is 2. The zero-order valence-corrected chi connectivity index (χ0v) is 16.8. The van der Waals surface area contributed by atoms with Crippen molar-refractivity contribution in [1.82, 2.24) is 4.90 Å². The molecule has 0 unspecified atom stereocenters. The molecule has 2 aromatic carbocycles. The number of fused-ring (bicyclic) bond motifs is 1. The Kier molecular flexibility index (Phi) is 6.13. The number of hydrogen-bond donors (Lipinski definition) is 0. The van der Waals surface area contributed by atoms with Gasteiger partial charge in [-0.2, -0.15) is 0 Å². The molecule has 26 heavy (non-hydrogen) atoms. The Labute approximate surface area is 159 Å². The van der Waals surface area contributed by atoms with Crippen molar-refractivity contribution in [2.75, 3.05) is 13.6 Å². The number of hydrogen-bond acceptors (Lipinski definition) is 1. The highest BCUT2D eigenvalue weighted by Crippen LogP contribution is 2.27. The van der Waals surface area contributed by atoms with E-state index in [1.165, 1.54) is 47.9 Å². The molecule has 1 aliphatic carbocycles. The summed E-state index contributed by atoms with van der Waals surface area (Å²) in [5, 5.41) is 0. The van der Waals surface area contributed by atoms with Crippen LogP contribution in [0, 0.1) is 13.8 Å². The van der Waals surface area contributed by atoms with E-state index in [0.717, 1.165) is 25.1 Å². The lowest BCUT2D eigenvalue weighted by Crippen LogP contribution is -2.16. The highest BCUT2D eigenvalue weighted by Gasteiger charge is 2.11. The van der Waals surface area contributed by atoms with E-state index in [1.54, 1.807) is 11.1 Å². The zero-order chi connectivity index (χ0) is 18.5. The van der Waals surface area contributed by atoms with Gasteiger partial charge in [-0.1, -0.05) is 31.2 Å². The van der Waals surface area contributed by atoms with Crippen molar-refractivity contribution in [3.8, 4) is 0 Å². The van der Waals surface area contributed by atoms with Crippen LogP contribution in [-0.2, 0) is 19.3 Å². The first-order valence-corrected chi connectivity index (χ1v) is 10.0. The fourth-order valence-corrected chi connectivity index (χ4v) is 3.88. The Balaban J connectivity index is 1.78. The molecule has 0 saturated carbocycles. The summed E-state index contributed by atoms with van der Waals surface area (Å²) in [6.45, 7) is 7.61.